The fraction of sp³-hybridized carbons (Fsp3) is 0.382. The van der Waals surface area contributed by atoms with Gasteiger partial charge in [0.15, 0.2) is 0 Å². The van der Waals surface area contributed by atoms with Crippen molar-refractivity contribution in [2.45, 2.75) is 64.7 Å². The Hall–Kier alpha value is -3.17. The lowest BCUT2D eigenvalue weighted by atomic mass is 9.86. The van der Waals surface area contributed by atoms with Crippen molar-refractivity contribution in [1.82, 2.24) is 4.90 Å². The van der Waals surface area contributed by atoms with Crippen LogP contribution >= 0.6 is 0 Å². The number of oxime groups is 1. The van der Waals surface area contributed by atoms with E-state index in [4.69, 9.17) is 0 Å². The minimum Gasteiger partial charge on any atom is -0.411 e. The second-order valence-corrected chi connectivity index (χ2v) is 11.2. The van der Waals surface area contributed by atoms with Gasteiger partial charge in [0.1, 0.15) is 0 Å². The van der Waals surface area contributed by atoms with E-state index in [0.717, 1.165) is 63.0 Å². The Morgan fingerprint density at radius 2 is 1.30 bits per heavy atom. The highest BCUT2D eigenvalue weighted by molar-refractivity contribution is 6.00. The molecule has 0 aromatic heterocycles. The van der Waals surface area contributed by atoms with Gasteiger partial charge in [-0.05, 0) is 71.9 Å². The Labute approximate surface area is 223 Å². The van der Waals surface area contributed by atoms with Crippen LogP contribution in [-0.4, -0.2) is 35.5 Å². The molecule has 3 nitrogen and oxygen atoms in total. The molecule has 3 aromatic carbocycles. The van der Waals surface area contributed by atoms with Crippen molar-refractivity contribution >= 4 is 11.3 Å². The van der Waals surface area contributed by atoms with Crippen LogP contribution in [0.25, 0.3) is 5.57 Å². The van der Waals surface area contributed by atoms with Gasteiger partial charge in [-0.2, -0.15) is 0 Å². The summed E-state index contributed by atoms with van der Waals surface area (Å²) in [6.07, 6.45) is 6.46. The maximum absolute atomic E-state index is 9.58. The van der Waals surface area contributed by atoms with Crippen LogP contribution in [0.5, 0.6) is 0 Å². The minimum atomic E-state index is 0.130. The third-order valence-corrected chi connectivity index (χ3v) is 7.53. The zero-order valence-electron chi connectivity index (χ0n) is 22.8. The minimum absolute atomic E-state index is 0.130. The highest BCUT2D eigenvalue weighted by Crippen LogP contribution is 2.32. The van der Waals surface area contributed by atoms with E-state index in [1.807, 2.05) is 0 Å². The molecule has 0 radical (unpaired) electrons. The monoisotopic (exact) mass is 494 g/mol. The van der Waals surface area contributed by atoms with Crippen LogP contribution in [0.3, 0.4) is 0 Å². The third-order valence-electron chi connectivity index (χ3n) is 7.53. The van der Waals surface area contributed by atoms with E-state index in [2.05, 4.69) is 116 Å². The molecule has 0 saturated carbocycles. The van der Waals surface area contributed by atoms with Crippen molar-refractivity contribution in [2.24, 2.45) is 5.16 Å². The van der Waals surface area contributed by atoms with Crippen LogP contribution in [-0.2, 0) is 5.41 Å². The van der Waals surface area contributed by atoms with Gasteiger partial charge in [0.05, 0.1) is 5.71 Å². The Balaban J connectivity index is 1.25. The van der Waals surface area contributed by atoms with E-state index in [9.17, 15) is 5.21 Å². The molecule has 1 heterocycles. The number of hydrogen-bond acceptors (Lipinski definition) is 3. The van der Waals surface area contributed by atoms with Crippen molar-refractivity contribution in [3.63, 3.8) is 0 Å². The molecule has 37 heavy (non-hydrogen) atoms. The predicted molar refractivity (Wildman–Crippen MR) is 157 cm³/mol. The van der Waals surface area contributed by atoms with Gasteiger partial charge in [-0.25, -0.2) is 0 Å². The SMILES string of the molecule is CC(C)(C)c1ccc(C(CCCCCN2CCC(=C(c3ccccc3)c3ccccc3)CC2)=NO)cc1. The molecule has 0 spiro atoms. The zero-order valence-corrected chi connectivity index (χ0v) is 22.8. The van der Waals surface area contributed by atoms with Gasteiger partial charge in [-0.1, -0.05) is 123 Å². The first-order valence-electron chi connectivity index (χ1n) is 13.8. The quantitative estimate of drug-likeness (QED) is 0.140. The number of rotatable bonds is 9. The lowest BCUT2D eigenvalue weighted by Gasteiger charge is -2.30. The first-order valence-corrected chi connectivity index (χ1v) is 13.8. The van der Waals surface area contributed by atoms with Crippen molar-refractivity contribution in [2.75, 3.05) is 19.6 Å². The molecular formula is C34H42N2O. The number of unbranched alkanes of at least 4 members (excludes halogenated alkanes) is 2. The fourth-order valence-electron chi connectivity index (χ4n) is 5.30. The van der Waals surface area contributed by atoms with Crippen LogP contribution < -0.4 is 0 Å². The first kappa shape index (κ1) is 26.9. The summed E-state index contributed by atoms with van der Waals surface area (Å²) in [5.74, 6) is 0. The average Bonchev–Trinajstić information content (AvgIpc) is 2.92. The summed E-state index contributed by atoms with van der Waals surface area (Å²) in [5.41, 5.74) is 8.90. The molecule has 1 aliphatic heterocycles. The molecule has 194 valence electrons. The summed E-state index contributed by atoms with van der Waals surface area (Å²) < 4.78 is 0. The maximum atomic E-state index is 9.58. The second kappa shape index (κ2) is 12.9. The van der Waals surface area contributed by atoms with E-state index >= 15 is 0 Å². The van der Waals surface area contributed by atoms with Crippen molar-refractivity contribution < 1.29 is 5.21 Å². The van der Waals surface area contributed by atoms with Gasteiger partial charge < -0.3 is 10.1 Å². The lowest BCUT2D eigenvalue weighted by Crippen LogP contribution is -2.32. The van der Waals surface area contributed by atoms with Gasteiger partial charge in [0.25, 0.3) is 0 Å². The fourth-order valence-corrected chi connectivity index (χ4v) is 5.30. The molecule has 0 atom stereocenters. The summed E-state index contributed by atoms with van der Waals surface area (Å²) in [4.78, 5) is 2.61. The molecule has 0 unspecified atom stereocenters. The number of benzene rings is 3. The van der Waals surface area contributed by atoms with Gasteiger partial charge in [-0.15, -0.1) is 0 Å². The van der Waals surface area contributed by atoms with Crippen LogP contribution in [0, 0.1) is 0 Å². The first-order chi connectivity index (χ1) is 18.0. The maximum Gasteiger partial charge on any atom is 0.0867 e. The molecule has 3 aromatic rings. The number of piperidine rings is 1. The molecule has 0 bridgehead atoms. The van der Waals surface area contributed by atoms with Crippen molar-refractivity contribution in [1.29, 1.82) is 0 Å². The Morgan fingerprint density at radius 3 is 1.81 bits per heavy atom. The highest BCUT2D eigenvalue weighted by Gasteiger charge is 2.19. The molecule has 0 aliphatic carbocycles. The molecule has 1 saturated heterocycles. The smallest absolute Gasteiger partial charge is 0.0867 e. The second-order valence-electron chi connectivity index (χ2n) is 11.2. The van der Waals surface area contributed by atoms with E-state index in [1.54, 1.807) is 5.57 Å². The molecule has 3 heteroatoms. The molecule has 1 N–H and O–H groups in total. The topological polar surface area (TPSA) is 35.8 Å². The standard InChI is InChI=1S/C34H42N2O/c1-34(2,3)31-20-18-27(19-21-31)32(35-37)17-11-6-12-24-36-25-22-30(23-26-36)33(28-13-7-4-8-14-28)29-15-9-5-10-16-29/h4-5,7-10,13-16,18-21,37H,6,11-12,17,22-26H2,1-3H3. The zero-order chi connectivity index (χ0) is 26.1. The largest absolute Gasteiger partial charge is 0.411 e. The Morgan fingerprint density at radius 1 is 0.730 bits per heavy atom. The normalized spacial score (nSPS) is 15.1. The summed E-state index contributed by atoms with van der Waals surface area (Å²) in [7, 11) is 0. The summed E-state index contributed by atoms with van der Waals surface area (Å²) >= 11 is 0. The third kappa shape index (κ3) is 7.42. The highest BCUT2D eigenvalue weighted by atomic mass is 16.4. The van der Waals surface area contributed by atoms with E-state index in [-0.39, 0.29) is 5.41 Å². The molecular weight excluding hydrogens is 452 g/mol. The summed E-state index contributed by atoms with van der Waals surface area (Å²) in [6, 6.07) is 30.2. The van der Waals surface area contributed by atoms with Gasteiger partial charge in [-0.3, -0.25) is 0 Å². The number of hydrogen-bond donors (Lipinski definition) is 1. The average molecular weight is 495 g/mol. The van der Waals surface area contributed by atoms with Crippen LogP contribution in [0.4, 0.5) is 0 Å². The molecule has 4 rings (SSSR count). The van der Waals surface area contributed by atoms with Gasteiger partial charge in [0.2, 0.25) is 0 Å². The summed E-state index contributed by atoms with van der Waals surface area (Å²) in [6.45, 7) is 10.0. The summed E-state index contributed by atoms with van der Waals surface area (Å²) in [5, 5.41) is 13.2. The lowest BCUT2D eigenvalue weighted by molar-refractivity contribution is 0.251. The Kier molecular flexibility index (Phi) is 9.35. The Bertz CT molecular complexity index is 1120. The van der Waals surface area contributed by atoms with E-state index in [1.165, 1.54) is 28.7 Å². The van der Waals surface area contributed by atoms with Crippen molar-refractivity contribution in [3.8, 4) is 0 Å². The van der Waals surface area contributed by atoms with Crippen molar-refractivity contribution in [3.05, 3.63) is 113 Å². The number of likely N-dealkylation sites (tertiary alicyclic amines) is 1. The van der Waals surface area contributed by atoms with Crippen LogP contribution in [0.2, 0.25) is 0 Å². The predicted octanol–water partition coefficient (Wildman–Crippen LogP) is 8.32. The number of nitrogens with zero attached hydrogens (tertiary/aromatic N) is 2. The van der Waals surface area contributed by atoms with Gasteiger partial charge >= 0.3 is 0 Å². The molecule has 1 aliphatic rings. The van der Waals surface area contributed by atoms with Gasteiger partial charge in [0, 0.05) is 13.1 Å². The van der Waals surface area contributed by atoms with Crippen LogP contribution in [0.1, 0.15) is 81.5 Å². The van der Waals surface area contributed by atoms with E-state index in [0.29, 0.717) is 0 Å². The molecule has 1 fully saturated rings. The van der Waals surface area contributed by atoms with Crippen LogP contribution in [0.15, 0.2) is 95.7 Å². The molecule has 0 amide bonds. The van der Waals surface area contributed by atoms with E-state index < -0.39 is 0 Å².